The SMILES string of the molecule is CC1CC(C(=O)O)CN(C(=O)C2CC2c2ccc(OCc3ccccc3)cc2)C1. The van der Waals surface area contributed by atoms with Gasteiger partial charge in [-0.3, -0.25) is 9.59 Å². The Bertz CT molecular complexity index is 864. The Morgan fingerprint density at radius 2 is 1.76 bits per heavy atom. The van der Waals surface area contributed by atoms with E-state index in [0.29, 0.717) is 26.1 Å². The third kappa shape index (κ3) is 4.61. The maximum Gasteiger partial charge on any atom is 0.308 e. The summed E-state index contributed by atoms with van der Waals surface area (Å²) in [4.78, 5) is 26.0. The van der Waals surface area contributed by atoms with Crippen molar-refractivity contribution in [3.63, 3.8) is 0 Å². The van der Waals surface area contributed by atoms with Gasteiger partial charge in [-0.1, -0.05) is 49.4 Å². The van der Waals surface area contributed by atoms with Gasteiger partial charge in [0.15, 0.2) is 0 Å². The normalized spacial score (nSPS) is 26.0. The molecule has 2 aromatic rings. The Labute approximate surface area is 171 Å². The number of carboxylic acids is 1. The average molecular weight is 393 g/mol. The highest BCUT2D eigenvalue weighted by Gasteiger charge is 2.47. The van der Waals surface area contributed by atoms with Gasteiger partial charge in [-0.05, 0) is 47.9 Å². The molecule has 1 saturated carbocycles. The largest absolute Gasteiger partial charge is 0.489 e. The molecule has 4 unspecified atom stereocenters. The molecule has 4 atom stereocenters. The topological polar surface area (TPSA) is 66.8 Å². The molecule has 2 fully saturated rings. The van der Waals surface area contributed by atoms with Gasteiger partial charge in [0, 0.05) is 19.0 Å². The predicted octanol–water partition coefficient (Wildman–Crippen LogP) is 3.94. The number of piperidine rings is 1. The van der Waals surface area contributed by atoms with Crippen molar-refractivity contribution < 1.29 is 19.4 Å². The lowest BCUT2D eigenvalue weighted by Gasteiger charge is -2.35. The number of benzene rings is 2. The first-order valence-corrected chi connectivity index (χ1v) is 10.3. The number of carboxylic acid groups (broad SMARTS) is 1. The van der Waals surface area contributed by atoms with Crippen molar-refractivity contribution in [3.8, 4) is 5.75 Å². The number of carbonyl (C=O) groups excluding carboxylic acids is 1. The summed E-state index contributed by atoms with van der Waals surface area (Å²) < 4.78 is 5.83. The molecule has 1 heterocycles. The van der Waals surface area contributed by atoms with Crippen LogP contribution >= 0.6 is 0 Å². The second-order valence-electron chi connectivity index (χ2n) is 8.41. The summed E-state index contributed by atoms with van der Waals surface area (Å²) in [6, 6.07) is 18.0. The van der Waals surface area contributed by atoms with Crippen LogP contribution in [-0.4, -0.2) is 35.0 Å². The molecule has 0 spiro atoms. The van der Waals surface area contributed by atoms with Gasteiger partial charge in [0.2, 0.25) is 5.91 Å². The van der Waals surface area contributed by atoms with Crippen molar-refractivity contribution in [2.24, 2.45) is 17.8 Å². The van der Waals surface area contributed by atoms with Gasteiger partial charge in [-0.2, -0.15) is 0 Å². The number of hydrogen-bond acceptors (Lipinski definition) is 3. The smallest absolute Gasteiger partial charge is 0.308 e. The van der Waals surface area contributed by atoms with Gasteiger partial charge in [0.1, 0.15) is 12.4 Å². The van der Waals surface area contributed by atoms with Gasteiger partial charge in [-0.15, -0.1) is 0 Å². The summed E-state index contributed by atoms with van der Waals surface area (Å²) in [5, 5.41) is 9.33. The molecule has 1 aliphatic carbocycles. The lowest BCUT2D eigenvalue weighted by Crippen LogP contribution is -2.46. The van der Waals surface area contributed by atoms with E-state index in [0.717, 1.165) is 23.3 Å². The number of ether oxygens (including phenoxy) is 1. The number of nitrogens with zero attached hydrogens (tertiary/aromatic N) is 1. The first-order valence-electron chi connectivity index (χ1n) is 10.3. The molecule has 0 bridgehead atoms. The monoisotopic (exact) mass is 393 g/mol. The molecule has 1 saturated heterocycles. The Morgan fingerprint density at radius 3 is 2.45 bits per heavy atom. The van der Waals surface area contributed by atoms with Gasteiger partial charge >= 0.3 is 5.97 Å². The average Bonchev–Trinajstić information content (AvgIpc) is 3.53. The van der Waals surface area contributed by atoms with Crippen LogP contribution in [0.3, 0.4) is 0 Å². The van der Waals surface area contributed by atoms with Crippen LogP contribution < -0.4 is 4.74 Å². The van der Waals surface area contributed by atoms with Crippen molar-refractivity contribution >= 4 is 11.9 Å². The number of aliphatic carboxylic acids is 1. The molecule has 0 aromatic heterocycles. The second-order valence-corrected chi connectivity index (χ2v) is 8.41. The highest BCUT2D eigenvalue weighted by atomic mass is 16.5. The van der Waals surface area contributed by atoms with Crippen LogP contribution in [-0.2, 0) is 16.2 Å². The summed E-state index contributed by atoms with van der Waals surface area (Å²) in [5.74, 6) is 0.116. The molecule has 5 heteroatoms. The molecule has 1 N–H and O–H groups in total. The minimum Gasteiger partial charge on any atom is -0.489 e. The number of amides is 1. The first kappa shape index (κ1) is 19.5. The summed E-state index contributed by atoms with van der Waals surface area (Å²) >= 11 is 0. The molecule has 152 valence electrons. The fourth-order valence-corrected chi connectivity index (χ4v) is 4.33. The molecule has 4 rings (SSSR count). The summed E-state index contributed by atoms with van der Waals surface area (Å²) in [6.45, 7) is 3.56. The Hall–Kier alpha value is -2.82. The van der Waals surface area contributed by atoms with E-state index in [1.807, 2.05) is 61.5 Å². The maximum atomic E-state index is 12.9. The fourth-order valence-electron chi connectivity index (χ4n) is 4.33. The minimum atomic E-state index is -0.798. The summed E-state index contributed by atoms with van der Waals surface area (Å²) in [6.07, 6.45) is 1.49. The zero-order valence-corrected chi connectivity index (χ0v) is 16.7. The fraction of sp³-hybridized carbons (Fsp3) is 0.417. The molecule has 0 radical (unpaired) electrons. The molecule has 5 nitrogen and oxygen atoms in total. The molecular weight excluding hydrogens is 366 g/mol. The molecule has 1 aliphatic heterocycles. The first-order chi connectivity index (χ1) is 14.0. The molecular formula is C24H27NO4. The van der Waals surface area contributed by atoms with E-state index in [2.05, 4.69) is 0 Å². The van der Waals surface area contributed by atoms with E-state index >= 15 is 0 Å². The molecule has 29 heavy (non-hydrogen) atoms. The zero-order chi connectivity index (χ0) is 20.4. The van der Waals surface area contributed by atoms with Crippen LogP contribution in [0.4, 0.5) is 0 Å². The van der Waals surface area contributed by atoms with E-state index in [-0.39, 0.29) is 23.7 Å². The summed E-state index contributed by atoms with van der Waals surface area (Å²) in [5.41, 5.74) is 2.27. The number of likely N-dealkylation sites (tertiary alicyclic amines) is 1. The van der Waals surface area contributed by atoms with Crippen molar-refractivity contribution in [1.29, 1.82) is 0 Å². The Morgan fingerprint density at radius 1 is 1.03 bits per heavy atom. The van der Waals surface area contributed by atoms with E-state index < -0.39 is 11.9 Å². The number of carbonyl (C=O) groups is 2. The Balaban J connectivity index is 1.32. The second kappa shape index (κ2) is 8.27. The lowest BCUT2D eigenvalue weighted by molar-refractivity contribution is -0.147. The van der Waals surface area contributed by atoms with Gasteiger partial charge in [-0.25, -0.2) is 0 Å². The van der Waals surface area contributed by atoms with Crippen LogP contribution in [0.15, 0.2) is 54.6 Å². The highest BCUT2D eigenvalue weighted by Crippen LogP contribution is 2.49. The van der Waals surface area contributed by atoms with Crippen LogP contribution in [0.5, 0.6) is 5.75 Å². The molecule has 2 aliphatic rings. The quantitative estimate of drug-likeness (QED) is 0.807. The number of hydrogen-bond donors (Lipinski definition) is 1. The van der Waals surface area contributed by atoms with Gasteiger partial charge < -0.3 is 14.7 Å². The lowest BCUT2D eigenvalue weighted by atomic mass is 9.90. The molecule has 1 amide bonds. The third-order valence-corrected chi connectivity index (χ3v) is 5.98. The minimum absolute atomic E-state index is 0.0224. The summed E-state index contributed by atoms with van der Waals surface area (Å²) in [7, 11) is 0. The van der Waals surface area contributed by atoms with Crippen LogP contribution in [0.25, 0.3) is 0 Å². The standard InChI is InChI=1S/C24H27NO4/c1-16-11-19(24(27)28)14-25(13-16)23(26)22-12-21(22)18-7-9-20(10-8-18)29-15-17-5-3-2-4-6-17/h2-10,16,19,21-22H,11-15H2,1H3,(H,27,28). The van der Waals surface area contributed by atoms with Crippen LogP contribution in [0.2, 0.25) is 0 Å². The maximum absolute atomic E-state index is 12.9. The van der Waals surface area contributed by atoms with Crippen LogP contribution in [0.1, 0.15) is 36.8 Å². The highest BCUT2D eigenvalue weighted by molar-refractivity contribution is 5.84. The predicted molar refractivity (Wildman–Crippen MR) is 110 cm³/mol. The van der Waals surface area contributed by atoms with Crippen molar-refractivity contribution in [2.75, 3.05) is 13.1 Å². The van der Waals surface area contributed by atoms with E-state index in [9.17, 15) is 14.7 Å². The van der Waals surface area contributed by atoms with Gasteiger partial charge in [0.25, 0.3) is 0 Å². The molecule has 2 aromatic carbocycles. The van der Waals surface area contributed by atoms with E-state index in [1.54, 1.807) is 4.90 Å². The van der Waals surface area contributed by atoms with Crippen molar-refractivity contribution in [2.45, 2.75) is 32.3 Å². The zero-order valence-electron chi connectivity index (χ0n) is 16.7. The van der Waals surface area contributed by atoms with Gasteiger partial charge in [0.05, 0.1) is 5.92 Å². The van der Waals surface area contributed by atoms with Crippen molar-refractivity contribution in [3.05, 3.63) is 65.7 Å². The Kier molecular flexibility index (Phi) is 5.56. The van der Waals surface area contributed by atoms with Crippen LogP contribution in [0, 0.1) is 17.8 Å². The number of rotatable bonds is 6. The van der Waals surface area contributed by atoms with E-state index in [4.69, 9.17) is 4.74 Å². The van der Waals surface area contributed by atoms with Crippen molar-refractivity contribution in [1.82, 2.24) is 4.90 Å². The van der Waals surface area contributed by atoms with E-state index in [1.165, 1.54) is 0 Å². The third-order valence-electron chi connectivity index (χ3n) is 5.98.